The van der Waals surface area contributed by atoms with Gasteiger partial charge in [-0.2, -0.15) is 0 Å². The lowest BCUT2D eigenvalue weighted by Crippen LogP contribution is -2.32. The molecule has 0 aliphatic rings. The number of hydrogen-bond acceptors (Lipinski definition) is 2. The summed E-state index contributed by atoms with van der Waals surface area (Å²) in [7, 11) is 3.62. The highest BCUT2D eigenvalue weighted by Gasteiger charge is 2.07. The molecule has 0 heterocycles. The van der Waals surface area contributed by atoms with Gasteiger partial charge in [0.1, 0.15) is 0 Å². The molecule has 0 atom stereocenters. The van der Waals surface area contributed by atoms with E-state index >= 15 is 0 Å². The molecular weight excluding hydrogens is 224 g/mol. The lowest BCUT2D eigenvalue weighted by atomic mass is 10.0. The Morgan fingerprint density at radius 2 is 1.89 bits per heavy atom. The molecule has 2 aromatic carbocycles. The van der Waals surface area contributed by atoms with Crippen LogP contribution < -0.4 is 5.32 Å². The number of fused-ring (bicyclic) bond motifs is 1. The van der Waals surface area contributed by atoms with Crippen LogP contribution in [0.5, 0.6) is 0 Å². The van der Waals surface area contributed by atoms with Gasteiger partial charge in [0.15, 0.2) is 0 Å². The molecule has 0 aliphatic carbocycles. The van der Waals surface area contributed by atoms with Crippen LogP contribution in [0.15, 0.2) is 42.5 Å². The van der Waals surface area contributed by atoms with Crippen LogP contribution in [0.1, 0.15) is 5.56 Å². The molecule has 0 aliphatic heterocycles. The second-order valence-electron chi connectivity index (χ2n) is 4.48. The summed E-state index contributed by atoms with van der Waals surface area (Å²) in [5.41, 5.74) is 1.25. The zero-order valence-electron chi connectivity index (χ0n) is 10.8. The highest BCUT2D eigenvalue weighted by molar-refractivity contribution is 5.85. The number of amides is 1. The third kappa shape index (κ3) is 2.87. The van der Waals surface area contributed by atoms with Crippen LogP contribution in [0.4, 0.5) is 0 Å². The first kappa shape index (κ1) is 12.6. The van der Waals surface area contributed by atoms with Crippen molar-refractivity contribution in [3.8, 4) is 0 Å². The topological polar surface area (TPSA) is 32.3 Å². The van der Waals surface area contributed by atoms with Crippen molar-refractivity contribution in [2.24, 2.45) is 0 Å². The van der Waals surface area contributed by atoms with Crippen molar-refractivity contribution < 1.29 is 4.79 Å². The smallest absolute Gasteiger partial charge is 0.233 e. The number of nitrogens with one attached hydrogen (secondary N) is 1. The van der Waals surface area contributed by atoms with Gasteiger partial charge in [-0.25, -0.2) is 0 Å². The van der Waals surface area contributed by atoms with E-state index in [0.717, 1.165) is 6.54 Å². The Bertz CT molecular complexity index is 546. The van der Waals surface area contributed by atoms with Crippen LogP contribution in [0.3, 0.4) is 0 Å². The minimum atomic E-state index is 0.0396. The standard InChI is InChI=1S/C15H18N2O/c1-16-15(18)11-17(2)10-13-8-5-7-12-6-3-4-9-14(12)13/h3-9H,10-11H2,1-2H3,(H,16,18). The van der Waals surface area contributed by atoms with Crippen LogP contribution >= 0.6 is 0 Å². The van der Waals surface area contributed by atoms with Crippen molar-refractivity contribution >= 4 is 16.7 Å². The normalized spacial score (nSPS) is 10.8. The molecular formula is C15H18N2O. The Kier molecular flexibility index (Phi) is 3.95. The summed E-state index contributed by atoms with van der Waals surface area (Å²) < 4.78 is 0. The molecule has 0 saturated heterocycles. The number of benzene rings is 2. The molecule has 0 fully saturated rings. The van der Waals surface area contributed by atoms with E-state index in [1.165, 1.54) is 16.3 Å². The average Bonchev–Trinajstić information content (AvgIpc) is 2.39. The van der Waals surface area contributed by atoms with E-state index in [2.05, 4.69) is 35.6 Å². The van der Waals surface area contributed by atoms with E-state index in [9.17, 15) is 4.79 Å². The molecule has 1 N–H and O–H groups in total. The Hall–Kier alpha value is -1.87. The molecule has 1 amide bonds. The molecule has 94 valence electrons. The third-order valence-corrected chi connectivity index (χ3v) is 3.01. The van der Waals surface area contributed by atoms with E-state index in [1.807, 2.05) is 24.1 Å². The molecule has 0 unspecified atom stereocenters. The Labute approximate surface area is 107 Å². The van der Waals surface area contributed by atoms with Gasteiger partial charge < -0.3 is 5.32 Å². The van der Waals surface area contributed by atoms with Gasteiger partial charge in [0.25, 0.3) is 0 Å². The summed E-state index contributed by atoms with van der Waals surface area (Å²) in [6, 6.07) is 14.6. The van der Waals surface area contributed by atoms with E-state index in [1.54, 1.807) is 7.05 Å². The lowest BCUT2D eigenvalue weighted by Gasteiger charge is -2.16. The van der Waals surface area contributed by atoms with Crippen LogP contribution in [0.25, 0.3) is 10.8 Å². The second kappa shape index (κ2) is 5.65. The van der Waals surface area contributed by atoms with Gasteiger partial charge in [-0.05, 0) is 23.4 Å². The summed E-state index contributed by atoms with van der Waals surface area (Å²) in [5, 5.41) is 5.13. The maximum Gasteiger partial charge on any atom is 0.233 e. The van der Waals surface area contributed by atoms with Crippen molar-refractivity contribution in [3.63, 3.8) is 0 Å². The van der Waals surface area contributed by atoms with Crippen LogP contribution in [-0.2, 0) is 11.3 Å². The molecule has 0 aromatic heterocycles. The molecule has 0 bridgehead atoms. The number of carbonyl (C=O) groups is 1. The van der Waals surface area contributed by atoms with Gasteiger partial charge in [-0.1, -0.05) is 42.5 Å². The van der Waals surface area contributed by atoms with Gasteiger partial charge in [-0.15, -0.1) is 0 Å². The number of carbonyl (C=O) groups excluding carboxylic acids is 1. The highest BCUT2D eigenvalue weighted by atomic mass is 16.1. The van der Waals surface area contributed by atoms with E-state index in [0.29, 0.717) is 6.54 Å². The summed E-state index contributed by atoms with van der Waals surface area (Å²) in [4.78, 5) is 13.3. The van der Waals surface area contributed by atoms with Gasteiger partial charge in [0.2, 0.25) is 5.91 Å². The number of hydrogen-bond donors (Lipinski definition) is 1. The van der Waals surface area contributed by atoms with Crippen molar-refractivity contribution in [3.05, 3.63) is 48.0 Å². The van der Waals surface area contributed by atoms with E-state index < -0.39 is 0 Å². The fraction of sp³-hybridized carbons (Fsp3) is 0.267. The van der Waals surface area contributed by atoms with E-state index in [4.69, 9.17) is 0 Å². The van der Waals surface area contributed by atoms with Gasteiger partial charge in [-0.3, -0.25) is 9.69 Å². The van der Waals surface area contributed by atoms with Gasteiger partial charge >= 0.3 is 0 Å². The Morgan fingerprint density at radius 1 is 1.17 bits per heavy atom. The summed E-state index contributed by atoms with van der Waals surface area (Å²) >= 11 is 0. The zero-order chi connectivity index (χ0) is 13.0. The lowest BCUT2D eigenvalue weighted by molar-refractivity contribution is -0.121. The van der Waals surface area contributed by atoms with Crippen LogP contribution in [0, 0.1) is 0 Å². The first-order valence-corrected chi connectivity index (χ1v) is 6.06. The Morgan fingerprint density at radius 3 is 2.67 bits per heavy atom. The SMILES string of the molecule is CNC(=O)CN(C)Cc1cccc2ccccc12. The summed E-state index contributed by atoms with van der Waals surface area (Å²) in [6.45, 7) is 1.19. The Balaban J connectivity index is 2.19. The molecule has 0 spiro atoms. The van der Waals surface area contributed by atoms with Crippen molar-refractivity contribution in [2.75, 3.05) is 20.6 Å². The fourth-order valence-corrected chi connectivity index (χ4v) is 2.10. The first-order valence-electron chi connectivity index (χ1n) is 6.06. The largest absolute Gasteiger partial charge is 0.358 e. The maximum absolute atomic E-state index is 11.3. The molecule has 0 saturated carbocycles. The monoisotopic (exact) mass is 242 g/mol. The number of rotatable bonds is 4. The number of nitrogens with zero attached hydrogens (tertiary/aromatic N) is 1. The zero-order valence-corrected chi connectivity index (χ0v) is 10.8. The summed E-state index contributed by atoms with van der Waals surface area (Å²) in [6.07, 6.45) is 0. The van der Waals surface area contributed by atoms with Crippen LogP contribution in [-0.4, -0.2) is 31.4 Å². The van der Waals surface area contributed by atoms with Crippen LogP contribution in [0.2, 0.25) is 0 Å². The molecule has 3 nitrogen and oxygen atoms in total. The predicted octanol–water partition coefficient (Wildman–Crippen LogP) is 2.02. The van der Waals surface area contributed by atoms with Crippen molar-refractivity contribution in [1.29, 1.82) is 0 Å². The number of likely N-dealkylation sites (N-methyl/N-ethyl adjacent to an activating group) is 2. The highest BCUT2D eigenvalue weighted by Crippen LogP contribution is 2.19. The molecule has 18 heavy (non-hydrogen) atoms. The molecule has 2 rings (SSSR count). The van der Waals surface area contributed by atoms with Gasteiger partial charge in [0, 0.05) is 13.6 Å². The average molecular weight is 242 g/mol. The maximum atomic E-state index is 11.3. The molecule has 3 heteroatoms. The minimum Gasteiger partial charge on any atom is -0.358 e. The predicted molar refractivity (Wildman–Crippen MR) is 74.3 cm³/mol. The van der Waals surface area contributed by atoms with Crippen molar-refractivity contribution in [2.45, 2.75) is 6.54 Å². The molecule has 0 radical (unpaired) electrons. The minimum absolute atomic E-state index is 0.0396. The fourth-order valence-electron chi connectivity index (χ4n) is 2.10. The second-order valence-corrected chi connectivity index (χ2v) is 4.48. The van der Waals surface area contributed by atoms with Crippen molar-refractivity contribution in [1.82, 2.24) is 10.2 Å². The van der Waals surface area contributed by atoms with E-state index in [-0.39, 0.29) is 5.91 Å². The third-order valence-electron chi connectivity index (χ3n) is 3.01. The van der Waals surface area contributed by atoms with Gasteiger partial charge in [0.05, 0.1) is 6.54 Å². The quantitative estimate of drug-likeness (QED) is 0.889. The molecule has 2 aromatic rings. The summed E-state index contributed by atoms with van der Waals surface area (Å²) in [5.74, 6) is 0.0396. The first-order chi connectivity index (χ1) is 8.70.